The Morgan fingerprint density at radius 1 is 1.05 bits per heavy atom. The van der Waals surface area contributed by atoms with Crippen LogP contribution in [0.3, 0.4) is 0 Å². The van der Waals surface area contributed by atoms with Gasteiger partial charge in [0.2, 0.25) is 0 Å². The fourth-order valence-corrected chi connectivity index (χ4v) is 2.40. The fourth-order valence-electron chi connectivity index (χ4n) is 2.40. The highest BCUT2D eigenvalue weighted by Gasteiger charge is 2.60. The van der Waals surface area contributed by atoms with E-state index in [-0.39, 0.29) is 18.9 Å². The highest BCUT2D eigenvalue weighted by Crippen LogP contribution is 2.44. The summed E-state index contributed by atoms with van der Waals surface area (Å²) in [6.07, 6.45) is -7.71. The first-order chi connectivity index (χ1) is 8.66. The van der Waals surface area contributed by atoms with Crippen molar-refractivity contribution in [2.45, 2.75) is 57.4 Å². The quantitative estimate of drug-likeness (QED) is 0.720. The van der Waals surface area contributed by atoms with Gasteiger partial charge in [0, 0.05) is 6.04 Å². The predicted molar refractivity (Wildman–Crippen MR) is 59.6 cm³/mol. The summed E-state index contributed by atoms with van der Waals surface area (Å²) in [5.41, 5.74) is 0. The molecule has 0 bridgehead atoms. The molecule has 1 aliphatic carbocycles. The average Bonchev–Trinajstić information content (AvgIpc) is 2.14. The first-order valence-electron chi connectivity index (χ1n) is 6.53. The van der Waals surface area contributed by atoms with Crippen LogP contribution in [0.2, 0.25) is 0 Å². The molecule has 1 aliphatic rings. The molecule has 0 saturated heterocycles. The summed E-state index contributed by atoms with van der Waals surface area (Å²) in [5, 5.41) is 2.44. The molecule has 1 N–H and O–H groups in total. The van der Waals surface area contributed by atoms with Crippen LogP contribution in [0.15, 0.2) is 0 Å². The van der Waals surface area contributed by atoms with Crippen molar-refractivity contribution in [2.75, 3.05) is 6.54 Å². The van der Waals surface area contributed by atoms with E-state index in [9.17, 15) is 26.3 Å². The van der Waals surface area contributed by atoms with Crippen LogP contribution < -0.4 is 5.32 Å². The summed E-state index contributed by atoms with van der Waals surface area (Å²) in [6, 6.07) is -1.56. The van der Waals surface area contributed by atoms with Gasteiger partial charge in [0.15, 0.2) is 5.92 Å². The van der Waals surface area contributed by atoms with Gasteiger partial charge in [0.1, 0.15) is 0 Å². The molecule has 1 rings (SSSR count). The van der Waals surface area contributed by atoms with E-state index in [2.05, 4.69) is 5.32 Å². The third-order valence-corrected chi connectivity index (χ3v) is 3.58. The Labute approximate surface area is 108 Å². The van der Waals surface area contributed by atoms with E-state index < -0.39 is 24.3 Å². The number of hydrogen-bond donors (Lipinski definition) is 1. The molecule has 0 aromatic heterocycles. The van der Waals surface area contributed by atoms with Crippen molar-refractivity contribution in [1.82, 2.24) is 5.32 Å². The Hall–Kier alpha value is -0.460. The van der Waals surface area contributed by atoms with Gasteiger partial charge in [0.25, 0.3) is 0 Å². The summed E-state index contributed by atoms with van der Waals surface area (Å²) in [5.74, 6) is -3.28. The van der Waals surface area contributed by atoms with Crippen LogP contribution in [-0.4, -0.2) is 24.9 Å². The van der Waals surface area contributed by atoms with Crippen molar-refractivity contribution in [3.8, 4) is 0 Å². The normalized spacial score (nSPS) is 19.6. The molecule has 1 atom stereocenters. The molecule has 1 saturated carbocycles. The molecule has 1 nitrogen and oxygen atoms in total. The van der Waals surface area contributed by atoms with E-state index in [1.807, 2.05) is 0 Å². The highest BCUT2D eigenvalue weighted by molar-refractivity contribution is 4.90. The predicted octanol–water partition coefficient (Wildman–Crippen LogP) is 4.29. The fraction of sp³-hybridized carbons (Fsp3) is 1.00. The molecule has 0 aromatic rings. The van der Waals surface area contributed by atoms with Gasteiger partial charge < -0.3 is 5.32 Å². The van der Waals surface area contributed by atoms with Crippen molar-refractivity contribution >= 4 is 0 Å². The van der Waals surface area contributed by atoms with Gasteiger partial charge in [-0.05, 0) is 25.3 Å². The molecule has 114 valence electrons. The van der Waals surface area contributed by atoms with E-state index in [0.717, 1.165) is 19.3 Å². The van der Waals surface area contributed by atoms with Crippen molar-refractivity contribution in [1.29, 1.82) is 0 Å². The van der Waals surface area contributed by atoms with E-state index in [0.29, 0.717) is 6.42 Å². The van der Waals surface area contributed by atoms with Crippen molar-refractivity contribution in [2.24, 2.45) is 11.8 Å². The molecule has 0 aromatic carbocycles. The number of nitrogens with one attached hydrogen (secondary N) is 1. The zero-order valence-electron chi connectivity index (χ0n) is 10.7. The zero-order chi connectivity index (χ0) is 14.7. The third-order valence-electron chi connectivity index (χ3n) is 3.58. The number of hydrogen-bond acceptors (Lipinski definition) is 1. The highest BCUT2D eigenvalue weighted by atomic mass is 19.4. The largest absolute Gasteiger partial charge is 0.401 e. The average molecular weight is 291 g/mol. The van der Waals surface area contributed by atoms with Crippen molar-refractivity contribution < 1.29 is 26.3 Å². The molecule has 19 heavy (non-hydrogen) atoms. The maximum absolute atomic E-state index is 12.7. The van der Waals surface area contributed by atoms with Crippen LogP contribution in [0.5, 0.6) is 0 Å². The number of rotatable bonds is 6. The second kappa shape index (κ2) is 6.33. The van der Waals surface area contributed by atoms with Crippen LogP contribution in [0.25, 0.3) is 0 Å². The molecular weight excluding hydrogens is 272 g/mol. The lowest BCUT2D eigenvalue weighted by molar-refractivity contribution is -0.292. The topological polar surface area (TPSA) is 12.0 Å². The maximum atomic E-state index is 12.7. The SMILES string of the molecule is CCCNC(CC1CCC1)C(C(F)(F)F)C(F)(F)F. The monoisotopic (exact) mass is 291 g/mol. The van der Waals surface area contributed by atoms with Crippen molar-refractivity contribution in [3.63, 3.8) is 0 Å². The number of alkyl halides is 6. The van der Waals surface area contributed by atoms with Gasteiger partial charge >= 0.3 is 12.4 Å². The standard InChI is InChI=1S/C12H19F6N/c1-2-6-19-9(7-8-4-3-5-8)10(11(13,14)15)12(16,17)18/h8-10,19H,2-7H2,1H3. The molecule has 7 heteroatoms. The summed E-state index contributed by atoms with van der Waals surface area (Å²) in [4.78, 5) is 0. The van der Waals surface area contributed by atoms with Gasteiger partial charge in [-0.15, -0.1) is 0 Å². The van der Waals surface area contributed by atoms with Gasteiger partial charge in [-0.3, -0.25) is 0 Å². The zero-order valence-corrected chi connectivity index (χ0v) is 10.7. The van der Waals surface area contributed by atoms with Gasteiger partial charge in [-0.2, -0.15) is 26.3 Å². The molecule has 0 heterocycles. The molecule has 1 unspecified atom stereocenters. The van der Waals surface area contributed by atoms with Crippen LogP contribution in [0.1, 0.15) is 39.0 Å². The summed E-state index contributed by atoms with van der Waals surface area (Å²) in [6.45, 7) is 1.88. The maximum Gasteiger partial charge on any atom is 0.401 e. The summed E-state index contributed by atoms with van der Waals surface area (Å²) < 4.78 is 76.2. The molecule has 0 spiro atoms. The van der Waals surface area contributed by atoms with Gasteiger partial charge in [-0.1, -0.05) is 26.2 Å². The van der Waals surface area contributed by atoms with Crippen LogP contribution in [0.4, 0.5) is 26.3 Å². The van der Waals surface area contributed by atoms with E-state index >= 15 is 0 Å². The van der Waals surface area contributed by atoms with E-state index in [1.165, 1.54) is 0 Å². The number of halogens is 6. The molecular formula is C12H19F6N. The van der Waals surface area contributed by atoms with Crippen LogP contribution in [-0.2, 0) is 0 Å². The second-order valence-electron chi connectivity index (χ2n) is 5.15. The first-order valence-corrected chi connectivity index (χ1v) is 6.53. The summed E-state index contributed by atoms with van der Waals surface area (Å²) in [7, 11) is 0. The molecule has 1 fully saturated rings. The minimum absolute atomic E-state index is 0.0124. The van der Waals surface area contributed by atoms with E-state index in [4.69, 9.17) is 0 Å². The Morgan fingerprint density at radius 3 is 1.89 bits per heavy atom. The second-order valence-corrected chi connectivity index (χ2v) is 5.15. The minimum atomic E-state index is -5.26. The van der Waals surface area contributed by atoms with Crippen LogP contribution in [0, 0.1) is 11.8 Å². The van der Waals surface area contributed by atoms with Gasteiger partial charge in [-0.25, -0.2) is 0 Å². The minimum Gasteiger partial charge on any atom is -0.313 e. The Morgan fingerprint density at radius 2 is 1.58 bits per heavy atom. The van der Waals surface area contributed by atoms with Crippen molar-refractivity contribution in [3.05, 3.63) is 0 Å². The van der Waals surface area contributed by atoms with Crippen LogP contribution >= 0.6 is 0 Å². The first kappa shape index (κ1) is 16.6. The van der Waals surface area contributed by atoms with Gasteiger partial charge in [0.05, 0.1) is 0 Å². The Kier molecular flexibility index (Phi) is 5.53. The lowest BCUT2D eigenvalue weighted by Crippen LogP contribution is -2.52. The Balaban J connectivity index is 2.82. The molecule has 0 amide bonds. The summed E-state index contributed by atoms with van der Waals surface area (Å²) >= 11 is 0. The lowest BCUT2D eigenvalue weighted by atomic mass is 9.78. The smallest absolute Gasteiger partial charge is 0.313 e. The van der Waals surface area contributed by atoms with E-state index in [1.54, 1.807) is 6.92 Å². The molecule has 0 radical (unpaired) electrons. The molecule has 0 aliphatic heterocycles. The lowest BCUT2D eigenvalue weighted by Gasteiger charge is -2.36. The Bertz CT molecular complexity index is 254. The third kappa shape index (κ3) is 4.85.